The summed E-state index contributed by atoms with van der Waals surface area (Å²) in [5.74, 6) is 0.167. The van der Waals surface area contributed by atoms with Crippen molar-refractivity contribution in [1.29, 1.82) is 0 Å². The van der Waals surface area contributed by atoms with E-state index in [9.17, 15) is 4.39 Å². The molecular formula is C15H16FN3O. The molecule has 3 aromatic rings. The molecule has 2 N–H and O–H groups in total. The molecule has 0 aliphatic rings. The Bertz CT molecular complexity index is 760. The molecule has 5 heteroatoms. The maximum Gasteiger partial charge on any atom is 0.169 e. The summed E-state index contributed by atoms with van der Waals surface area (Å²) in [5, 5.41) is 5.09. The molecule has 4 nitrogen and oxygen atoms in total. The number of furan rings is 1. The minimum absolute atomic E-state index is 0.247. The predicted octanol–water partition coefficient (Wildman–Crippen LogP) is 3.14. The molecule has 1 atom stereocenters. The summed E-state index contributed by atoms with van der Waals surface area (Å²) in [6.07, 6.45) is 0. The van der Waals surface area contributed by atoms with Crippen LogP contribution in [0.4, 0.5) is 4.39 Å². The van der Waals surface area contributed by atoms with Crippen LogP contribution in [0.5, 0.6) is 0 Å². The predicted molar refractivity (Wildman–Crippen MR) is 74.8 cm³/mol. The number of para-hydroxylation sites is 1. The number of nitrogens with two attached hydrogens (primary N) is 1. The van der Waals surface area contributed by atoms with Crippen LogP contribution in [0, 0.1) is 12.7 Å². The second-order valence-electron chi connectivity index (χ2n) is 4.81. The highest BCUT2D eigenvalue weighted by Gasteiger charge is 2.19. The lowest BCUT2D eigenvalue weighted by Gasteiger charge is -2.10. The zero-order valence-corrected chi connectivity index (χ0v) is 11.4. The molecule has 0 aliphatic carbocycles. The topological polar surface area (TPSA) is 57.0 Å². The minimum Gasteiger partial charge on any atom is -0.456 e. The van der Waals surface area contributed by atoms with Gasteiger partial charge in [0.15, 0.2) is 11.4 Å². The number of benzene rings is 1. The Morgan fingerprint density at radius 3 is 2.90 bits per heavy atom. The molecule has 0 fully saturated rings. The minimum atomic E-state index is -0.456. The van der Waals surface area contributed by atoms with Crippen molar-refractivity contribution in [2.75, 3.05) is 0 Å². The largest absolute Gasteiger partial charge is 0.456 e. The molecule has 20 heavy (non-hydrogen) atoms. The van der Waals surface area contributed by atoms with E-state index in [4.69, 9.17) is 10.2 Å². The van der Waals surface area contributed by atoms with Gasteiger partial charge in [-0.3, -0.25) is 4.68 Å². The number of hydrogen-bond donors (Lipinski definition) is 1. The highest BCUT2D eigenvalue weighted by Crippen LogP contribution is 2.28. The van der Waals surface area contributed by atoms with Crippen LogP contribution in [-0.2, 0) is 6.54 Å². The first-order valence-corrected chi connectivity index (χ1v) is 6.58. The number of rotatable bonds is 3. The van der Waals surface area contributed by atoms with E-state index < -0.39 is 6.04 Å². The van der Waals surface area contributed by atoms with Gasteiger partial charge in [-0.25, -0.2) is 4.39 Å². The molecule has 2 aromatic heterocycles. The van der Waals surface area contributed by atoms with Gasteiger partial charge in [0.05, 0.1) is 11.4 Å². The van der Waals surface area contributed by atoms with Gasteiger partial charge >= 0.3 is 0 Å². The van der Waals surface area contributed by atoms with Crippen LogP contribution in [0.15, 0.2) is 34.7 Å². The van der Waals surface area contributed by atoms with Gasteiger partial charge in [-0.1, -0.05) is 12.1 Å². The molecule has 0 bridgehead atoms. The summed E-state index contributed by atoms with van der Waals surface area (Å²) >= 11 is 0. The number of hydrogen-bond acceptors (Lipinski definition) is 3. The average molecular weight is 273 g/mol. The third-order valence-electron chi connectivity index (χ3n) is 3.37. The zero-order valence-electron chi connectivity index (χ0n) is 11.4. The first kappa shape index (κ1) is 12.9. The Morgan fingerprint density at radius 1 is 1.40 bits per heavy atom. The molecule has 0 radical (unpaired) electrons. The summed E-state index contributed by atoms with van der Waals surface area (Å²) in [7, 11) is 0. The van der Waals surface area contributed by atoms with Gasteiger partial charge in [-0.05, 0) is 32.0 Å². The Labute approximate surface area is 116 Å². The van der Waals surface area contributed by atoms with Crippen LogP contribution >= 0.6 is 0 Å². The molecule has 0 saturated carbocycles. The van der Waals surface area contributed by atoms with Crippen LogP contribution < -0.4 is 5.73 Å². The second-order valence-corrected chi connectivity index (χ2v) is 4.81. The number of fused-ring (bicyclic) bond motifs is 1. The average Bonchev–Trinajstić information content (AvgIpc) is 3.02. The smallest absolute Gasteiger partial charge is 0.169 e. The lowest BCUT2D eigenvalue weighted by atomic mass is 10.1. The highest BCUT2D eigenvalue weighted by molar-refractivity contribution is 5.78. The zero-order chi connectivity index (χ0) is 14.3. The van der Waals surface area contributed by atoms with Crippen molar-refractivity contribution in [2.45, 2.75) is 26.4 Å². The fourth-order valence-corrected chi connectivity index (χ4v) is 2.42. The summed E-state index contributed by atoms with van der Waals surface area (Å²) in [4.78, 5) is 0. The van der Waals surface area contributed by atoms with Crippen molar-refractivity contribution in [3.05, 3.63) is 53.3 Å². The molecule has 1 aromatic carbocycles. The summed E-state index contributed by atoms with van der Waals surface area (Å²) in [5.41, 5.74) is 8.26. The number of aryl methyl sites for hydroxylation is 2. The van der Waals surface area contributed by atoms with E-state index in [0.29, 0.717) is 5.76 Å². The number of nitrogens with zero attached hydrogens (tertiary/aromatic N) is 2. The van der Waals surface area contributed by atoms with Gasteiger partial charge in [0.2, 0.25) is 0 Å². The van der Waals surface area contributed by atoms with Gasteiger partial charge in [0.25, 0.3) is 0 Å². The Balaban J connectivity index is 2.07. The summed E-state index contributed by atoms with van der Waals surface area (Å²) in [6, 6.07) is 8.09. The van der Waals surface area contributed by atoms with Crippen LogP contribution in [0.2, 0.25) is 0 Å². The lowest BCUT2D eigenvalue weighted by molar-refractivity contribution is 0.485. The summed E-state index contributed by atoms with van der Waals surface area (Å²) in [6.45, 7) is 4.65. The van der Waals surface area contributed by atoms with E-state index in [1.54, 1.807) is 18.2 Å². The van der Waals surface area contributed by atoms with Crippen molar-refractivity contribution < 1.29 is 8.81 Å². The summed E-state index contributed by atoms with van der Waals surface area (Å²) < 4.78 is 21.1. The van der Waals surface area contributed by atoms with Crippen LogP contribution in [0.3, 0.4) is 0 Å². The third-order valence-corrected chi connectivity index (χ3v) is 3.37. The molecule has 2 heterocycles. The van der Waals surface area contributed by atoms with Crippen molar-refractivity contribution in [2.24, 2.45) is 5.73 Å². The van der Waals surface area contributed by atoms with E-state index in [2.05, 4.69) is 5.10 Å². The van der Waals surface area contributed by atoms with Crippen molar-refractivity contribution in [3.8, 4) is 0 Å². The first-order chi connectivity index (χ1) is 9.60. The lowest BCUT2D eigenvalue weighted by Crippen LogP contribution is -2.16. The van der Waals surface area contributed by atoms with Gasteiger partial charge in [0, 0.05) is 11.9 Å². The highest BCUT2D eigenvalue weighted by atomic mass is 19.1. The van der Waals surface area contributed by atoms with Crippen molar-refractivity contribution >= 4 is 11.0 Å². The Kier molecular flexibility index (Phi) is 3.06. The van der Waals surface area contributed by atoms with Crippen LogP contribution in [-0.4, -0.2) is 9.78 Å². The third kappa shape index (κ3) is 2.00. The Hall–Kier alpha value is -2.14. The van der Waals surface area contributed by atoms with Crippen molar-refractivity contribution in [1.82, 2.24) is 9.78 Å². The van der Waals surface area contributed by atoms with Crippen LogP contribution in [0.1, 0.15) is 30.1 Å². The van der Waals surface area contributed by atoms with Gasteiger partial charge in [0.1, 0.15) is 11.8 Å². The first-order valence-electron chi connectivity index (χ1n) is 6.58. The van der Waals surface area contributed by atoms with E-state index in [1.165, 1.54) is 6.07 Å². The molecule has 3 rings (SSSR count). The van der Waals surface area contributed by atoms with Crippen molar-refractivity contribution in [3.63, 3.8) is 0 Å². The van der Waals surface area contributed by atoms with Gasteiger partial charge in [-0.15, -0.1) is 0 Å². The van der Waals surface area contributed by atoms with Gasteiger partial charge < -0.3 is 10.2 Å². The standard InChI is InChI=1S/C15H16FN3O/c1-3-19-12(7-9(2)18-19)14(17)13-8-10-5-4-6-11(16)15(10)20-13/h4-8,14H,3,17H2,1-2H3. The molecular weight excluding hydrogens is 257 g/mol. The normalized spacial score (nSPS) is 13.0. The fourth-order valence-electron chi connectivity index (χ4n) is 2.42. The fraction of sp³-hybridized carbons (Fsp3) is 0.267. The molecule has 0 saturated heterocycles. The monoisotopic (exact) mass is 273 g/mol. The molecule has 0 amide bonds. The maximum atomic E-state index is 13.7. The van der Waals surface area contributed by atoms with E-state index in [0.717, 1.165) is 23.3 Å². The Morgan fingerprint density at radius 2 is 2.20 bits per heavy atom. The molecule has 104 valence electrons. The van der Waals surface area contributed by atoms with Gasteiger partial charge in [-0.2, -0.15) is 5.10 Å². The number of aromatic nitrogens is 2. The van der Waals surface area contributed by atoms with Crippen LogP contribution in [0.25, 0.3) is 11.0 Å². The van der Waals surface area contributed by atoms with E-state index >= 15 is 0 Å². The molecule has 0 aliphatic heterocycles. The van der Waals surface area contributed by atoms with E-state index in [-0.39, 0.29) is 11.4 Å². The quantitative estimate of drug-likeness (QED) is 0.797. The maximum absolute atomic E-state index is 13.7. The second kappa shape index (κ2) is 4.76. The molecule has 0 spiro atoms. The molecule has 1 unspecified atom stereocenters. The van der Waals surface area contributed by atoms with E-state index in [1.807, 2.05) is 24.6 Å². The number of halogens is 1. The SMILES string of the molecule is CCn1nc(C)cc1C(N)c1cc2cccc(F)c2o1.